The second-order valence-electron chi connectivity index (χ2n) is 7.89. The molecule has 0 unspecified atom stereocenters. The van der Waals surface area contributed by atoms with Crippen molar-refractivity contribution in [3.63, 3.8) is 0 Å². The van der Waals surface area contributed by atoms with E-state index < -0.39 is 0 Å². The van der Waals surface area contributed by atoms with Gasteiger partial charge in [0.15, 0.2) is 11.6 Å². The molecule has 1 saturated heterocycles. The van der Waals surface area contributed by atoms with Gasteiger partial charge >= 0.3 is 0 Å². The number of likely N-dealkylation sites (tertiary alicyclic amines) is 1. The van der Waals surface area contributed by atoms with Gasteiger partial charge in [-0.15, -0.1) is 0 Å². The first-order valence-corrected chi connectivity index (χ1v) is 9.90. The van der Waals surface area contributed by atoms with Crippen LogP contribution >= 0.6 is 0 Å². The molecule has 27 heavy (non-hydrogen) atoms. The Hall–Kier alpha value is -2.20. The number of nitrogens with zero attached hydrogens (tertiary/aromatic N) is 1. The van der Waals surface area contributed by atoms with Gasteiger partial charge < -0.3 is 4.98 Å². The zero-order valence-electron chi connectivity index (χ0n) is 16.8. The van der Waals surface area contributed by atoms with Crippen molar-refractivity contribution in [3.05, 3.63) is 58.4 Å². The smallest absolute Gasteiger partial charge is 0.196 e. The van der Waals surface area contributed by atoms with E-state index in [1.54, 1.807) is 6.92 Å². The summed E-state index contributed by atoms with van der Waals surface area (Å²) in [7, 11) is 0. The molecular weight excluding hydrogens is 336 g/mol. The van der Waals surface area contributed by atoms with Crippen molar-refractivity contribution >= 4 is 11.6 Å². The molecule has 1 aliphatic rings. The fourth-order valence-corrected chi connectivity index (χ4v) is 4.39. The third-order valence-electron chi connectivity index (χ3n) is 5.98. The summed E-state index contributed by atoms with van der Waals surface area (Å²) >= 11 is 0. The second kappa shape index (κ2) is 8.22. The van der Waals surface area contributed by atoms with Crippen molar-refractivity contribution in [2.75, 3.05) is 13.1 Å². The van der Waals surface area contributed by atoms with Crippen LogP contribution in [0.4, 0.5) is 0 Å². The third kappa shape index (κ3) is 4.22. The number of Topliss-reactive ketones (excluding diaryl/α,β-unsaturated/α-hetero) is 2. The average Bonchev–Trinajstić information content (AvgIpc) is 2.96. The van der Waals surface area contributed by atoms with Crippen LogP contribution in [-0.2, 0) is 6.42 Å². The number of aryl methyl sites for hydroxylation is 1. The Labute approximate surface area is 162 Å². The van der Waals surface area contributed by atoms with Crippen molar-refractivity contribution in [3.8, 4) is 0 Å². The maximum absolute atomic E-state index is 13.0. The first-order chi connectivity index (χ1) is 12.9. The predicted octanol–water partition coefficient (Wildman–Crippen LogP) is 4.36. The van der Waals surface area contributed by atoms with Crippen LogP contribution in [0.5, 0.6) is 0 Å². The molecule has 1 atom stereocenters. The number of ketones is 2. The van der Waals surface area contributed by atoms with Crippen molar-refractivity contribution in [1.82, 2.24) is 9.88 Å². The Morgan fingerprint density at radius 2 is 1.78 bits per heavy atom. The quantitative estimate of drug-likeness (QED) is 0.773. The summed E-state index contributed by atoms with van der Waals surface area (Å²) in [6.45, 7) is 9.17. The van der Waals surface area contributed by atoms with Crippen LogP contribution in [0.3, 0.4) is 0 Å². The number of aromatic amines is 1. The van der Waals surface area contributed by atoms with Crippen molar-refractivity contribution in [2.45, 2.75) is 53.0 Å². The topological polar surface area (TPSA) is 53.2 Å². The lowest BCUT2D eigenvalue weighted by Gasteiger charge is -2.35. The molecule has 144 valence electrons. The summed E-state index contributed by atoms with van der Waals surface area (Å²) in [6.07, 6.45) is 3.36. The summed E-state index contributed by atoms with van der Waals surface area (Å²) in [5.41, 5.74) is 4.23. The molecule has 2 aromatic rings. The number of carbonyl (C=O) groups excluding carboxylic acids is 2. The lowest BCUT2D eigenvalue weighted by molar-refractivity contribution is 0.0766. The van der Waals surface area contributed by atoms with E-state index in [9.17, 15) is 9.59 Å². The number of hydrogen-bond acceptors (Lipinski definition) is 3. The Kier molecular flexibility index (Phi) is 5.95. The lowest BCUT2D eigenvalue weighted by atomic mass is 9.89. The maximum Gasteiger partial charge on any atom is 0.196 e. The number of nitrogens with one attached hydrogen (secondary N) is 1. The van der Waals surface area contributed by atoms with Gasteiger partial charge in [-0.1, -0.05) is 30.3 Å². The molecule has 1 N–H and O–H groups in total. The summed E-state index contributed by atoms with van der Waals surface area (Å²) < 4.78 is 0. The van der Waals surface area contributed by atoms with Gasteiger partial charge in [-0.25, -0.2) is 0 Å². The van der Waals surface area contributed by atoms with E-state index in [-0.39, 0.29) is 17.6 Å². The minimum Gasteiger partial charge on any atom is -0.355 e. The lowest BCUT2D eigenvalue weighted by Crippen LogP contribution is -2.44. The van der Waals surface area contributed by atoms with Crippen molar-refractivity contribution in [2.24, 2.45) is 5.92 Å². The van der Waals surface area contributed by atoms with Gasteiger partial charge in [-0.05, 0) is 77.1 Å². The molecule has 0 aliphatic carbocycles. The van der Waals surface area contributed by atoms with Crippen molar-refractivity contribution < 1.29 is 9.59 Å². The molecule has 1 aromatic heterocycles. The Morgan fingerprint density at radius 1 is 1.15 bits per heavy atom. The highest BCUT2D eigenvalue weighted by atomic mass is 16.1. The summed E-state index contributed by atoms with van der Waals surface area (Å²) in [6, 6.07) is 10.5. The molecule has 0 spiro atoms. The standard InChI is InChI=1S/C23H30N2O2/c1-15-21(18(4)26)16(2)24-22(15)23(27)17(3)25-12-10-20(11-13-25)14-19-8-6-5-7-9-19/h5-9,17,20,24H,10-14H2,1-4H3/t17-/m1/s1. The number of piperidine rings is 1. The predicted molar refractivity (Wildman–Crippen MR) is 109 cm³/mol. The minimum absolute atomic E-state index is 0.00896. The monoisotopic (exact) mass is 366 g/mol. The van der Waals surface area contributed by atoms with Crippen LogP contribution in [0.2, 0.25) is 0 Å². The third-order valence-corrected chi connectivity index (χ3v) is 5.98. The van der Waals surface area contributed by atoms with Gasteiger partial charge in [0.05, 0.1) is 11.7 Å². The molecule has 0 bridgehead atoms. The second-order valence-corrected chi connectivity index (χ2v) is 7.89. The van der Waals surface area contributed by atoms with Crippen LogP contribution < -0.4 is 0 Å². The maximum atomic E-state index is 13.0. The Balaban J connectivity index is 1.62. The van der Waals surface area contributed by atoms with Gasteiger partial charge in [0.25, 0.3) is 0 Å². The number of benzene rings is 1. The van der Waals surface area contributed by atoms with Crippen LogP contribution in [0.25, 0.3) is 0 Å². The fraction of sp³-hybridized carbons (Fsp3) is 0.478. The summed E-state index contributed by atoms with van der Waals surface area (Å²) in [4.78, 5) is 30.3. The van der Waals surface area contributed by atoms with E-state index in [2.05, 4.69) is 40.2 Å². The molecule has 4 heteroatoms. The summed E-state index contributed by atoms with van der Waals surface area (Å²) in [5, 5.41) is 0. The number of carbonyl (C=O) groups is 2. The molecule has 3 rings (SSSR count). The van der Waals surface area contributed by atoms with E-state index in [0.717, 1.165) is 43.6 Å². The highest BCUT2D eigenvalue weighted by Gasteiger charge is 2.30. The van der Waals surface area contributed by atoms with E-state index in [1.807, 2.05) is 20.8 Å². The molecule has 0 radical (unpaired) electrons. The number of hydrogen-bond donors (Lipinski definition) is 1. The van der Waals surface area contributed by atoms with Gasteiger partial charge in [0.1, 0.15) is 0 Å². The van der Waals surface area contributed by atoms with Crippen LogP contribution in [0.1, 0.15) is 64.4 Å². The highest BCUT2D eigenvalue weighted by molar-refractivity contribution is 6.05. The Morgan fingerprint density at radius 3 is 2.33 bits per heavy atom. The summed E-state index contributed by atoms with van der Waals surface area (Å²) in [5.74, 6) is 0.782. The molecule has 1 aromatic carbocycles. The SMILES string of the molecule is CC(=O)c1c(C)[nH]c(C(=O)[C@@H](C)N2CCC(Cc3ccccc3)CC2)c1C. The van der Waals surface area contributed by atoms with Gasteiger partial charge in [0, 0.05) is 11.3 Å². The molecule has 1 aliphatic heterocycles. The number of rotatable bonds is 6. The first kappa shape index (κ1) is 19.6. The molecule has 4 nitrogen and oxygen atoms in total. The van der Waals surface area contributed by atoms with E-state index >= 15 is 0 Å². The zero-order valence-corrected chi connectivity index (χ0v) is 16.8. The molecule has 1 fully saturated rings. The van der Waals surface area contributed by atoms with Crippen LogP contribution in [-0.4, -0.2) is 40.6 Å². The molecule has 0 saturated carbocycles. The first-order valence-electron chi connectivity index (χ1n) is 9.90. The van der Waals surface area contributed by atoms with Crippen molar-refractivity contribution in [1.29, 1.82) is 0 Å². The van der Waals surface area contributed by atoms with Gasteiger partial charge in [-0.3, -0.25) is 14.5 Å². The fourth-order valence-electron chi connectivity index (χ4n) is 4.39. The van der Waals surface area contributed by atoms with Gasteiger partial charge in [-0.2, -0.15) is 0 Å². The zero-order chi connectivity index (χ0) is 19.6. The molecule has 0 amide bonds. The van der Waals surface area contributed by atoms with E-state index in [0.29, 0.717) is 17.2 Å². The number of aromatic nitrogens is 1. The molecule has 2 heterocycles. The highest BCUT2D eigenvalue weighted by Crippen LogP contribution is 2.25. The largest absolute Gasteiger partial charge is 0.355 e. The van der Waals surface area contributed by atoms with E-state index in [4.69, 9.17) is 0 Å². The number of H-pyrrole nitrogens is 1. The minimum atomic E-state index is -0.167. The van der Waals surface area contributed by atoms with Gasteiger partial charge in [0.2, 0.25) is 0 Å². The Bertz CT molecular complexity index is 814. The molecular formula is C23H30N2O2. The van der Waals surface area contributed by atoms with Crippen LogP contribution in [0.15, 0.2) is 30.3 Å². The average molecular weight is 367 g/mol. The van der Waals surface area contributed by atoms with Crippen LogP contribution in [0, 0.1) is 19.8 Å². The normalized spacial score (nSPS) is 17.0. The van der Waals surface area contributed by atoms with E-state index in [1.165, 1.54) is 5.56 Å².